The number of fused-ring (bicyclic) bond motifs is 2. The van der Waals surface area contributed by atoms with Crippen LogP contribution in [0.1, 0.15) is 41.5 Å². The molecule has 1 saturated heterocycles. The maximum absolute atomic E-state index is 15.7. The highest BCUT2D eigenvalue weighted by atomic mass is 19.1. The number of piperazine rings is 1. The summed E-state index contributed by atoms with van der Waals surface area (Å²) in [6.07, 6.45) is 1.80. The van der Waals surface area contributed by atoms with Gasteiger partial charge in [-0.05, 0) is 47.4 Å². The van der Waals surface area contributed by atoms with Crippen molar-refractivity contribution in [2.75, 3.05) is 38.2 Å². The van der Waals surface area contributed by atoms with E-state index >= 15 is 4.39 Å². The third-order valence-corrected chi connectivity index (χ3v) is 7.66. The summed E-state index contributed by atoms with van der Waals surface area (Å²) in [4.78, 5) is 28.1. The first-order chi connectivity index (χ1) is 19.4. The molecule has 2 N–H and O–H groups in total. The average molecular weight is 537 g/mol. The molecule has 0 unspecified atom stereocenters. The third-order valence-electron chi connectivity index (χ3n) is 7.66. The van der Waals surface area contributed by atoms with Gasteiger partial charge in [-0.15, -0.1) is 0 Å². The second-order valence-corrected chi connectivity index (χ2v) is 10.3. The van der Waals surface area contributed by atoms with Gasteiger partial charge in [0, 0.05) is 48.7 Å². The van der Waals surface area contributed by atoms with Crippen LogP contribution in [0.25, 0.3) is 33.1 Å². The predicted molar refractivity (Wildman–Crippen MR) is 153 cm³/mol. The van der Waals surface area contributed by atoms with Gasteiger partial charge >= 0.3 is 0 Å². The third kappa shape index (κ3) is 4.22. The quantitative estimate of drug-likeness (QED) is 0.295. The molecular formula is C31H29FN6O2. The fourth-order valence-corrected chi connectivity index (χ4v) is 5.52. The number of anilines is 1. The smallest absolute Gasteiger partial charge is 0.270 e. The Bertz CT molecular complexity index is 1790. The van der Waals surface area contributed by atoms with Crippen LogP contribution in [0.15, 0.2) is 54.7 Å². The zero-order chi connectivity index (χ0) is 28.0. The summed E-state index contributed by atoms with van der Waals surface area (Å²) < 4.78 is 21.3. The van der Waals surface area contributed by atoms with Crippen molar-refractivity contribution in [1.29, 1.82) is 5.26 Å². The van der Waals surface area contributed by atoms with Crippen LogP contribution in [-0.2, 0) is 0 Å². The van der Waals surface area contributed by atoms with E-state index in [9.17, 15) is 10.1 Å². The maximum Gasteiger partial charge on any atom is 0.270 e. The van der Waals surface area contributed by atoms with E-state index in [1.54, 1.807) is 24.3 Å². The fourth-order valence-electron chi connectivity index (χ4n) is 5.52. The number of H-pyrrole nitrogens is 2. The van der Waals surface area contributed by atoms with Gasteiger partial charge in [0.05, 0.1) is 18.3 Å². The molecule has 0 spiro atoms. The highest BCUT2D eigenvalue weighted by molar-refractivity contribution is 6.04. The van der Waals surface area contributed by atoms with Crippen LogP contribution < -0.4 is 9.64 Å². The van der Waals surface area contributed by atoms with Crippen LogP contribution in [0, 0.1) is 17.1 Å². The molecule has 0 bridgehead atoms. The zero-order valence-electron chi connectivity index (χ0n) is 22.6. The molecule has 5 aromatic rings. The van der Waals surface area contributed by atoms with Crippen LogP contribution in [0.5, 0.6) is 5.75 Å². The molecule has 8 nitrogen and oxygen atoms in total. The summed E-state index contributed by atoms with van der Waals surface area (Å²) in [5, 5.41) is 11.2. The molecule has 1 aliphatic heterocycles. The van der Waals surface area contributed by atoms with E-state index in [2.05, 4.69) is 25.9 Å². The monoisotopic (exact) mass is 536 g/mol. The Kier molecular flexibility index (Phi) is 6.39. The van der Waals surface area contributed by atoms with E-state index < -0.39 is 0 Å². The Labute approximate surface area is 231 Å². The first kappa shape index (κ1) is 25.4. The Morgan fingerprint density at radius 3 is 2.60 bits per heavy atom. The number of aromatic nitrogens is 3. The molecule has 0 aliphatic carbocycles. The van der Waals surface area contributed by atoms with Crippen molar-refractivity contribution in [3.63, 3.8) is 0 Å². The predicted octanol–water partition coefficient (Wildman–Crippen LogP) is 5.82. The number of pyridine rings is 1. The summed E-state index contributed by atoms with van der Waals surface area (Å²) in [5.41, 5.74) is 4.67. The molecular weight excluding hydrogens is 507 g/mol. The minimum atomic E-state index is -0.343. The number of hydrogen-bond donors (Lipinski definition) is 2. The Hall–Kier alpha value is -4.84. The normalized spacial score (nSPS) is 13.8. The lowest BCUT2D eigenvalue weighted by Gasteiger charge is -2.36. The van der Waals surface area contributed by atoms with Gasteiger partial charge in [-0.1, -0.05) is 32.0 Å². The number of nitrogens with one attached hydrogen (secondary N) is 2. The molecule has 40 heavy (non-hydrogen) atoms. The van der Waals surface area contributed by atoms with Gasteiger partial charge in [-0.3, -0.25) is 4.79 Å². The van der Waals surface area contributed by atoms with E-state index in [-0.39, 0.29) is 17.6 Å². The van der Waals surface area contributed by atoms with Gasteiger partial charge < -0.3 is 24.5 Å². The van der Waals surface area contributed by atoms with Gasteiger partial charge in [0.15, 0.2) is 11.5 Å². The number of rotatable bonds is 5. The number of aromatic amines is 2. The number of benzene rings is 2. The van der Waals surface area contributed by atoms with Crippen molar-refractivity contribution in [2.24, 2.45) is 0 Å². The van der Waals surface area contributed by atoms with Crippen LogP contribution >= 0.6 is 0 Å². The van der Waals surface area contributed by atoms with Crippen molar-refractivity contribution in [1.82, 2.24) is 19.9 Å². The molecule has 9 heteroatoms. The number of carbonyl (C=O) groups excluding carboxylic acids is 1. The molecule has 4 heterocycles. The molecule has 0 radical (unpaired) electrons. The number of nitrogens with zero attached hydrogens (tertiary/aromatic N) is 4. The second kappa shape index (κ2) is 10.0. The van der Waals surface area contributed by atoms with Crippen molar-refractivity contribution < 1.29 is 13.9 Å². The highest BCUT2D eigenvalue weighted by Gasteiger charge is 2.27. The summed E-state index contributed by atoms with van der Waals surface area (Å²) >= 11 is 0. The number of methoxy groups -OCH3 is 1. The lowest BCUT2D eigenvalue weighted by atomic mass is 9.93. The topological polar surface area (TPSA) is 101 Å². The molecule has 1 amide bonds. The molecule has 1 fully saturated rings. The van der Waals surface area contributed by atoms with Gasteiger partial charge in [-0.2, -0.15) is 5.26 Å². The largest absolute Gasteiger partial charge is 0.496 e. The summed E-state index contributed by atoms with van der Waals surface area (Å²) in [6.45, 7) is 5.93. The molecule has 2 aromatic carbocycles. The SMILES string of the molecule is COc1ccccc1-c1cc(C(C)C)c(F)c2[nH]c(C(=O)N3CCN(c4cc5cc[nH]c5nc4C#N)CC3)cc12. The van der Waals surface area contributed by atoms with E-state index in [4.69, 9.17) is 4.74 Å². The number of ether oxygens (including phenoxy) is 1. The number of nitriles is 1. The van der Waals surface area contributed by atoms with E-state index in [0.29, 0.717) is 65.4 Å². The number of amides is 1. The molecule has 1 aliphatic rings. The van der Waals surface area contributed by atoms with E-state index in [0.717, 1.165) is 22.2 Å². The Balaban J connectivity index is 1.31. The summed E-state index contributed by atoms with van der Waals surface area (Å²) in [6, 6.07) is 17.3. The van der Waals surface area contributed by atoms with Gasteiger partial charge in [-0.25, -0.2) is 9.37 Å². The van der Waals surface area contributed by atoms with Crippen LogP contribution in [0.2, 0.25) is 0 Å². The zero-order valence-corrected chi connectivity index (χ0v) is 22.6. The minimum Gasteiger partial charge on any atom is -0.496 e. The number of hydrogen-bond acceptors (Lipinski definition) is 5. The van der Waals surface area contributed by atoms with Crippen molar-refractivity contribution in [3.8, 4) is 22.9 Å². The first-order valence-corrected chi connectivity index (χ1v) is 13.3. The molecule has 0 atom stereocenters. The Morgan fingerprint density at radius 2 is 1.88 bits per heavy atom. The van der Waals surface area contributed by atoms with Crippen molar-refractivity contribution in [3.05, 3.63) is 77.5 Å². The van der Waals surface area contributed by atoms with Crippen LogP contribution in [0.4, 0.5) is 10.1 Å². The average Bonchev–Trinajstić information content (AvgIpc) is 3.64. The van der Waals surface area contributed by atoms with Crippen LogP contribution in [-0.4, -0.2) is 59.0 Å². The standard InChI is InChI=1S/C31H29FN6O2/c1-18(2)21-15-22(20-6-4-5-7-27(20)40-3)23-16-24(35-29(23)28(21)32)31(39)38-12-10-37(11-13-38)26-14-19-8-9-34-30(19)36-25(26)17-33/h4-9,14-16,18,35H,10-13H2,1-3H3,(H,34,36). The molecule has 3 aromatic heterocycles. The lowest BCUT2D eigenvalue weighted by Crippen LogP contribution is -2.49. The van der Waals surface area contributed by atoms with E-state index in [1.807, 2.05) is 56.3 Å². The fraction of sp³-hybridized carbons (Fsp3) is 0.258. The molecule has 0 saturated carbocycles. The second-order valence-electron chi connectivity index (χ2n) is 10.3. The van der Waals surface area contributed by atoms with E-state index in [1.165, 1.54) is 0 Å². The maximum atomic E-state index is 15.7. The van der Waals surface area contributed by atoms with Gasteiger partial charge in [0.2, 0.25) is 0 Å². The summed E-state index contributed by atoms with van der Waals surface area (Å²) in [7, 11) is 1.61. The number of halogens is 1. The highest BCUT2D eigenvalue weighted by Crippen LogP contribution is 2.39. The number of carbonyl (C=O) groups is 1. The van der Waals surface area contributed by atoms with Crippen molar-refractivity contribution in [2.45, 2.75) is 19.8 Å². The minimum absolute atomic E-state index is 0.0494. The Morgan fingerprint density at radius 1 is 1.10 bits per heavy atom. The van der Waals surface area contributed by atoms with Crippen molar-refractivity contribution >= 4 is 33.5 Å². The first-order valence-electron chi connectivity index (χ1n) is 13.3. The lowest BCUT2D eigenvalue weighted by molar-refractivity contribution is 0.0742. The van der Waals surface area contributed by atoms with Gasteiger partial charge in [0.1, 0.15) is 23.2 Å². The number of para-hydroxylation sites is 1. The van der Waals surface area contributed by atoms with Crippen LogP contribution in [0.3, 0.4) is 0 Å². The molecule has 202 valence electrons. The molecule has 6 rings (SSSR count). The van der Waals surface area contributed by atoms with Gasteiger partial charge in [0.25, 0.3) is 5.91 Å². The summed E-state index contributed by atoms with van der Waals surface area (Å²) in [5.74, 6) is 0.0993.